The molecule has 1 aromatic carbocycles. The fraction of sp³-hybridized carbons (Fsp3) is 0.263. The number of H-pyrrole nitrogens is 1. The Hall–Kier alpha value is -2.82. The second-order valence-electron chi connectivity index (χ2n) is 6.63. The lowest BCUT2D eigenvalue weighted by molar-refractivity contribution is -0.130. The van der Waals surface area contributed by atoms with Gasteiger partial charge in [-0.3, -0.25) is 9.59 Å². The molecule has 1 aliphatic heterocycles. The molecular formula is C19H21N3O2. The van der Waals surface area contributed by atoms with Crippen molar-refractivity contribution in [2.45, 2.75) is 32.2 Å². The zero-order valence-electron chi connectivity index (χ0n) is 14.1. The summed E-state index contributed by atoms with van der Waals surface area (Å²) >= 11 is 0. The van der Waals surface area contributed by atoms with E-state index in [4.69, 9.17) is 0 Å². The number of allylic oxidation sites excluding steroid dienone is 1. The van der Waals surface area contributed by atoms with Gasteiger partial charge in [-0.05, 0) is 19.1 Å². The van der Waals surface area contributed by atoms with Gasteiger partial charge in [0.1, 0.15) is 11.7 Å². The Morgan fingerprint density at radius 2 is 1.92 bits per heavy atom. The van der Waals surface area contributed by atoms with E-state index in [0.717, 1.165) is 22.2 Å². The molecule has 5 nitrogen and oxygen atoms in total. The van der Waals surface area contributed by atoms with Gasteiger partial charge in [-0.25, -0.2) is 0 Å². The highest BCUT2D eigenvalue weighted by Gasteiger charge is 2.28. The van der Waals surface area contributed by atoms with E-state index in [2.05, 4.69) is 22.2 Å². The van der Waals surface area contributed by atoms with Crippen LogP contribution in [0.4, 0.5) is 0 Å². The Bertz CT molecular complexity index is 874. The maximum Gasteiger partial charge on any atom is 0.268 e. The van der Waals surface area contributed by atoms with E-state index in [-0.39, 0.29) is 22.9 Å². The summed E-state index contributed by atoms with van der Waals surface area (Å²) in [6.07, 6.45) is 3.60. The quantitative estimate of drug-likeness (QED) is 0.600. The van der Waals surface area contributed by atoms with Gasteiger partial charge in [0.2, 0.25) is 5.91 Å². The Morgan fingerprint density at radius 1 is 1.21 bits per heavy atom. The normalized spacial score (nSPS) is 20.1. The fourth-order valence-corrected chi connectivity index (χ4v) is 2.81. The average molecular weight is 323 g/mol. The van der Waals surface area contributed by atoms with E-state index in [1.165, 1.54) is 0 Å². The average Bonchev–Trinajstić information content (AvgIpc) is 2.92. The summed E-state index contributed by atoms with van der Waals surface area (Å²) in [5.41, 5.74) is 2.75. The Labute approximate surface area is 140 Å². The van der Waals surface area contributed by atoms with Gasteiger partial charge in [-0.1, -0.05) is 38.1 Å². The Kier molecular flexibility index (Phi) is 3.79. The second kappa shape index (κ2) is 5.67. The van der Waals surface area contributed by atoms with Crippen LogP contribution in [0.25, 0.3) is 17.0 Å². The van der Waals surface area contributed by atoms with E-state index in [1.54, 1.807) is 13.0 Å². The minimum absolute atomic E-state index is 0.217. The third kappa shape index (κ3) is 2.62. The molecule has 2 heterocycles. The molecule has 5 heteroatoms. The molecule has 0 aliphatic carbocycles. The zero-order chi connectivity index (χ0) is 17.5. The van der Waals surface area contributed by atoms with Crippen molar-refractivity contribution in [3.63, 3.8) is 0 Å². The van der Waals surface area contributed by atoms with Crippen molar-refractivity contribution >= 4 is 28.8 Å². The van der Waals surface area contributed by atoms with E-state index in [1.807, 2.05) is 44.2 Å². The Morgan fingerprint density at radius 3 is 2.62 bits per heavy atom. The number of hydrogen-bond acceptors (Lipinski definition) is 2. The molecule has 0 unspecified atom stereocenters. The van der Waals surface area contributed by atoms with Gasteiger partial charge in [-0.15, -0.1) is 6.58 Å². The lowest BCUT2D eigenvalue weighted by atomic mass is 9.86. The molecule has 0 saturated carbocycles. The van der Waals surface area contributed by atoms with Crippen LogP contribution < -0.4 is 10.6 Å². The lowest BCUT2D eigenvalue weighted by Gasteiger charge is -2.23. The van der Waals surface area contributed by atoms with Crippen molar-refractivity contribution in [2.24, 2.45) is 0 Å². The number of carbonyl (C=O) groups is 2. The number of rotatable bonds is 3. The monoisotopic (exact) mass is 323 g/mol. The second-order valence-corrected chi connectivity index (χ2v) is 6.63. The number of carbonyl (C=O) groups excluding carboxylic acids is 2. The van der Waals surface area contributed by atoms with E-state index in [9.17, 15) is 9.59 Å². The number of aromatic nitrogens is 1. The van der Waals surface area contributed by atoms with Crippen LogP contribution in [0.5, 0.6) is 0 Å². The molecule has 0 radical (unpaired) electrons. The summed E-state index contributed by atoms with van der Waals surface area (Å²) in [7, 11) is 0. The molecular weight excluding hydrogens is 302 g/mol. The van der Waals surface area contributed by atoms with Gasteiger partial charge >= 0.3 is 0 Å². The van der Waals surface area contributed by atoms with Crippen LogP contribution in [0.1, 0.15) is 32.0 Å². The molecule has 1 aromatic heterocycles. The molecule has 3 N–H and O–H groups in total. The van der Waals surface area contributed by atoms with E-state index in [0.29, 0.717) is 0 Å². The first-order valence-corrected chi connectivity index (χ1v) is 7.91. The highest BCUT2D eigenvalue weighted by Crippen LogP contribution is 2.33. The van der Waals surface area contributed by atoms with Crippen LogP contribution in [0, 0.1) is 0 Å². The van der Waals surface area contributed by atoms with Crippen molar-refractivity contribution in [1.82, 2.24) is 15.6 Å². The maximum atomic E-state index is 12.2. The molecule has 1 fully saturated rings. The summed E-state index contributed by atoms with van der Waals surface area (Å²) in [5.74, 6) is -0.500. The number of amides is 2. The minimum Gasteiger partial charge on any atom is -0.357 e. The number of para-hydroxylation sites is 1. The topological polar surface area (TPSA) is 74.0 Å². The van der Waals surface area contributed by atoms with Crippen LogP contribution in [0.15, 0.2) is 42.6 Å². The fourth-order valence-electron chi connectivity index (χ4n) is 2.81. The van der Waals surface area contributed by atoms with Crippen molar-refractivity contribution in [2.75, 3.05) is 0 Å². The summed E-state index contributed by atoms with van der Waals surface area (Å²) in [4.78, 5) is 27.5. The molecule has 1 aliphatic rings. The first kappa shape index (κ1) is 16.1. The first-order chi connectivity index (χ1) is 11.3. The molecule has 0 spiro atoms. The predicted octanol–water partition coefficient (Wildman–Crippen LogP) is 2.61. The smallest absolute Gasteiger partial charge is 0.268 e. The van der Waals surface area contributed by atoms with Crippen LogP contribution in [0.3, 0.4) is 0 Å². The third-order valence-corrected chi connectivity index (χ3v) is 4.43. The summed E-state index contributed by atoms with van der Waals surface area (Å²) in [6, 6.07) is 7.36. The van der Waals surface area contributed by atoms with Crippen molar-refractivity contribution in [3.8, 4) is 0 Å². The van der Waals surface area contributed by atoms with Gasteiger partial charge in [0, 0.05) is 27.6 Å². The zero-order valence-corrected chi connectivity index (χ0v) is 14.1. The highest BCUT2D eigenvalue weighted by molar-refractivity contribution is 6.08. The lowest BCUT2D eigenvalue weighted by Crippen LogP contribution is -2.53. The summed E-state index contributed by atoms with van der Waals surface area (Å²) in [6.45, 7) is 9.67. The number of fused-ring (bicyclic) bond motifs is 1. The molecule has 3 rings (SSSR count). The number of piperazine rings is 1. The van der Waals surface area contributed by atoms with E-state index < -0.39 is 6.04 Å². The summed E-state index contributed by atoms with van der Waals surface area (Å²) < 4.78 is 0. The SMILES string of the molecule is C=CC(C)(C)c1[nH]c2ccccc2c1/C=C1/NC(=O)[C@@H](C)NC1=O. The molecule has 24 heavy (non-hydrogen) atoms. The van der Waals surface area contributed by atoms with E-state index >= 15 is 0 Å². The molecule has 1 saturated heterocycles. The molecule has 124 valence electrons. The van der Waals surface area contributed by atoms with Crippen LogP contribution >= 0.6 is 0 Å². The number of aromatic amines is 1. The van der Waals surface area contributed by atoms with Gasteiger partial charge in [-0.2, -0.15) is 0 Å². The van der Waals surface area contributed by atoms with Crippen molar-refractivity contribution in [1.29, 1.82) is 0 Å². The highest BCUT2D eigenvalue weighted by atomic mass is 16.2. The molecule has 2 aromatic rings. The molecule has 0 bridgehead atoms. The Balaban J connectivity index is 2.20. The number of hydrogen-bond donors (Lipinski definition) is 3. The minimum atomic E-state index is -0.526. The van der Waals surface area contributed by atoms with Crippen molar-refractivity contribution in [3.05, 3.63) is 53.9 Å². The van der Waals surface area contributed by atoms with Crippen molar-refractivity contribution < 1.29 is 9.59 Å². The third-order valence-electron chi connectivity index (χ3n) is 4.43. The van der Waals surface area contributed by atoms with Gasteiger partial charge in [0.15, 0.2) is 0 Å². The first-order valence-electron chi connectivity index (χ1n) is 7.91. The van der Waals surface area contributed by atoms with Crippen LogP contribution in [0.2, 0.25) is 0 Å². The van der Waals surface area contributed by atoms with Gasteiger partial charge in [0.05, 0.1) is 0 Å². The number of nitrogens with one attached hydrogen (secondary N) is 3. The van der Waals surface area contributed by atoms with Gasteiger partial charge < -0.3 is 15.6 Å². The van der Waals surface area contributed by atoms with Gasteiger partial charge in [0.25, 0.3) is 5.91 Å². The molecule has 2 amide bonds. The predicted molar refractivity (Wildman–Crippen MR) is 95.2 cm³/mol. The standard InChI is InChI=1S/C19H21N3O2/c1-5-19(3,4)16-13(12-8-6-7-9-14(12)21-16)10-15-18(24)20-11(2)17(23)22-15/h5-11,21H,1H2,2-4H3,(H,20,24)(H,22,23)/b15-10+/t11-/m1/s1. The number of benzene rings is 1. The van der Waals surface area contributed by atoms with Crippen LogP contribution in [-0.4, -0.2) is 22.8 Å². The largest absolute Gasteiger partial charge is 0.357 e. The van der Waals surface area contributed by atoms with Crippen LogP contribution in [-0.2, 0) is 15.0 Å². The maximum absolute atomic E-state index is 12.2. The summed E-state index contributed by atoms with van der Waals surface area (Å²) in [5, 5.41) is 6.34. The molecule has 1 atom stereocenters.